The van der Waals surface area contributed by atoms with Gasteiger partial charge in [-0.05, 0) is 30.5 Å². The topological polar surface area (TPSA) is 85.3 Å². The molecule has 0 unspecified atom stereocenters. The van der Waals surface area contributed by atoms with Crippen LogP contribution < -0.4 is 9.47 Å². The Balaban J connectivity index is 0.00000338. The molecule has 0 amide bonds. The van der Waals surface area contributed by atoms with Crippen molar-refractivity contribution in [1.82, 2.24) is 4.90 Å². The molecule has 1 heterocycles. The van der Waals surface area contributed by atoms with E-state index in [1.807, 2.05) is 12.3 Å². The number of esters is 2. The molecule has 1 aromatic rings. The highest BCUT2D eigenvalue weighted by Gasteiger charge is 2.17. The van der Waals surface area contributed by atoms with E-state index in [-0.39, 0.29) is 36.2 Å². The third-order valence-corrected chi connectivity index (χ3v) is 3.87. The minimum absolute atomic E-state index is 0. The first-order valence-corrected chi connectivity index (χ1v) is 8.68. The van der Waals surface area contributed by atoms with Crippen molar-refractivity contribution >= 4 is 48.2 Å². The number of hydrogen-bond acceptors (Lipinski definition) is 8. The molecule has 0 spiro atoms. The van der Waals surface area contributed by atoms with Gasteiger partial charge in [-0.1, -0.05) is 0 Å². The van der Waals surface area contributed by atoms with Gasteiger partial charge in [0.1, 0.15) is 0 Å². The Kier molecular flexibility index (Phi) is 8.34. The van der Waals surface area contributed by atoms with Crippen LogP contribution in [0.5, 0.6) is 11.5 Å². The molecule has 0 atom stereocenters. The molecule has 0 aliphatic carbocycles. The smallest absolute Gasteiger partial charge is 0.308 e. The normalized spacial score (nSPS) is 12.7. The summed E-state index contributed by atoms with van der Waals surface area (Å²) >= 11 is 1.54. The van der Waals surface area contributed by atoms with Crippen molar-refractivity contribution in [1.29, 1.82) is 0 Å². The van der Waals surface area contributed by atoms with Crippen molar-refractivity contribution in [2.75, 3.05) is 19.3 Å². The highest BCUT2D eigenvalue weighted by molar-refractivity contribution is 8.02. The lowest BCUT2D eigenvalue weighted by Crippen LogP contribution is -2.30. The van der Waals surface area contributed by atoms with Gasteiger partial charge in [-0.2, -0.15) is 0 Å². The number of ether oxygens (including phenoxy) is 2. The molecule has 1 aliphatic rings. The van der Waals surface area contributed by atoms with E-state index in [1.165, 1.54) is 43.8 Å². The van der Waals surface area contributed by atoms with E-state index in [0.717, 1.165) is 5.03 Å². The SMILES string of the molecule is CSC1=CCN(CC(=O)c2ccc(OC(C)=O)c(OC(C)=O)c2)C=N1.Cl. The van der Waals surface area contributed by atoms with E-state index in [4.69, 9.17) is 9.47 Å². The number of halogens is 1. The number of carbonyl (C=O) groups excluding carboxylic acids is 3. The van der Waals surface area contributed by atoms with Gasteiger partial charge in [0, 0.05) is 26.0 Å². The van der Waals surface area contributed by atoms with Gasteiger partial charge >= 0.3 is 11.9 Å². The van der Waals surface area contributed by atoms with E-state index in [1.54, 1.807) is 11.2 Å². The van der Waals surface area contributed by atoms with E-state index in [9.17, 15) is 14.4 Å². The monoisotopic (exact) mass is 398 g/mol. The van der Waals surface area contributed by atoms with Gasteiger partial charge in [0.25, 0.3) is 0 Å². The first-order chi connectivity index (χ1) is 11.9. The largest absolute Gasteiger partial charge is 0.423 e. The second-order valence-electron chi connectivity index (χ2n) is 5.19. The molecule has 1 aromatic carbocycles. The molecule has 140 valence electrons. The zero-order valence-electron chi connectivity index (χ0n) is 14.6. The van der Waals surface area contributed by atoms with Crippen LogP contribution in [0.3, 0.4) is 0 Å². The maximum atomic E-state index is 12.5. The lowest BCUT2D eigenvalue weighted by molar-refractivity contribution is -0.134. The van der Waals surface area contributed by atoms with Crippen LogP contribution in [-0.2, 0) is 9.59 Å². The predicted molar refractivity (Wildman–Crippen MR) is 102 cm³/mol. The lowest BCUT2D eigenvalue weighted by atomic mass is 10.1. The van der Waals surface area contributed by atoms with Crippen LogP contribution in [0.2, 0.25) is 0 Å². The number of hydrogen-bond donors (Lipinski definition) is 0. The molecule has 2 rings (SSSR count). The summed E-state index contributed by atoms with van der Waals surface area (Å²) in [5.41, 5.74) is 0.347. The summed E-state index contributed by atoms with van der Waals surface area (Å²) in [6.07, 6.45) is 5.50. The van der Waals surface area contributed by atoms with E-state index in [2.05, 4.69) is 4.99 Å². The molecule has 0 saturated heterocycles. The van der Waals surface area contributed by atoms with Gasteiger partial charge in [-0.25, -0.2) is 4.99 Å². The van der Waals surface area contributed by atoms with E-state index >= 15 is 0 Å². The van der Waals surface area contributed by atoms with Crippen molar-refractivity contribution in [3.05, 3.63) is 34.9 Å². The summed E-state index contributed by atoms with van der Waals surface area (Å²) in [7, 11) is 0. The van der Waals surface area contributed by atoms with Gasteiger partial charge in [0.05, 0.1) is 17.9 Å². The van der Waals surface area contributed by atoms with Crippen molar-refractivity contribution in [3.8, 4) is 11.5 Å². The molecule has 9 heteroatoms. The maximum Gasteiger partial charge on any atom is 0.308 e. The van der Waals surface area contributed by atoms with Gasteiger partial charge in [-0.15, -0.1) is 24.2 Å². The lowest BCUT2D eigenvalue weighted by Gasteiger charge is -2.20. The van der Waals surface area contributed by atoms with Crippen LogP contribution in [-0.4, -0.2) is 48.3 Å². The Morgan fingerprint density at radius 2 is 1.81 bits per heavy atom. The second-order valence-corrected chi connectivity index (χ2v) is 6.02. The predicted octanol–water partition coefficient (Wildman–Crippen LogP) is 2.69. The number of ketones is 1. The Morgan fingerprint density at radius 3 is 2.35 bits per heavy atom. The number of carbonyl (C=O) groups is 3. The van der Waals surface area contributed by atoms with Crippen molar-refractivity contribution in [2.45, 2.75) is 13.8 Å². The molecule has 0 N–H and O–H groups in total. The number of benzene rings is 1. The number of rotatable bonds is 6. The zero-order chi connectivity index (χ0) is 18.4. The molecule has 0 bridgehead atoms. The molecular weight excluding hydrogens is 380 g/mol. The molecule has 0 saturated carbocycles. The third kappa shape index (κ3) is 6.20. The standard InChI is InChI=1S/C17H18N2O5S.ClH/c1-11(20)23-15-5-4-13(8-16(15)24-12(2)21)14(22)9-19-7-6-17(25-3)18-10-19;/h4-6,8,10H,7,9H2,1-3H3;1H. The molecule has 0 fully saturated rings. The fraction of sp³-hybridized carbons (Fsp3) is 0.294. The number of nitrogens with zero attached hydrogens (tertiary/aromatic N) is 2. The van der Waals surface area contributed by atoms with Crippen molar-refractivity contribution in [3.63, 3.8) is 0 Å². The van der Waals surface area contributed by atoms with E-state index < -0.39 is 11.9 Å². The Labute approximate surface area is 161 Å². The Bertz CT molecular complexity index is 764. The summed E-state index contributed by atoms with van der Waals surface area (Å²) in [6.45, 7) is 3.19. The zero-order valence-corrected chi connectivity index (χ0v) is 16.2. The highest BCUT2D eigenvalue weighted by atomic mass is 35.5. The van der Waals surface area contributed by atoms with Gasteiger partial charge in [-0.3, -0.25) is 14.4 Å². The van der Waals surface area contributed by atoms with Crippen LogP contribution in [0.25, 0.3) is 0 Å². The molecule has 0 radical (unpaired) electrons. The highest BCUT2D eigenvalue weighted by Crippen LogP contribution is 2.29. The fourth-order valence-corrected chi connectivity index (χ4v) is 2.50. The molecule has 0 aromatic heterocycles. The van der Waals surface area contributed by atoms with Crippen LogP contribution in [0.1, 0.15) is 24.2 Å². The average molecular weight is 399 g/mol. The Hall–Kier alpha value is -2.32. The maximum absolute atomic E-state index is 12.5. The summed E-state index contributed by atoms with van der Waals surface area (Å²) in [6, 6.07) is 4.35. The fourth-order valence-electron chi connectivity index (χ4n) is 2.11. The first-order valence-electron chi connectivity index (χ1n) is 7.45. The molecule has 7 nitrogen and oxygen atoms in total. The molecule has 1 aliphatic heterocycles. The first kappa shape index (κ1) is 21.7. The number of thioether (sulfide) groups is 1. The Morgan fingerprint density at radius 1 is 1.15 bits per heavy atom. The van der Waals surface area contributed by atoms with Crippen LogP contribution in [0.15, 0.2) is 34.3 Å². The molecular formula is C17H19ClN2O5S. The minimum Gasteiger partial charge on any atom is -0.423 e. The average Bonchev–Trinajstić information content (AvgIpc) is 2.56. The second kappa shape index (κ2) is 9.98. The minimum atomic E-state index is -0.573. The number of Topliss-reactive ketones (excluding diaryl/α,β-unsaturated/α-hetero) is 1. The van der Waals surface area contributed by atoms with Crippen LogP contribution in [0.4, 0.5) is 0 Å². The van der Waals surface area contributed by atoms with Gasteiger partial charge in [0.15, 0.2) is 17.3 Å². The molecule has 26 heavy (non-hydrogen) atoms. The number of aliphatic imine (C=N–C) groups is 1. The van der Waals surface area contributed by atoms with Crippen LogP contribution >= 0.6 is 24.2 Å². The summed E-state index contributed by atoms with van der Waals surface area (Å²) < 4.78 is 10.0. The third-order valence-electron chi connectivity index (χ3n) is 3.18. The summed E-state index contributed by atoms with van der Waals surface area (Å²) in [4.78, 5) is 40.8. The van der Waals surface area contributed by atoms with Gasteiger partial charge in [0.2, 0.25) is 0 Å². The van der Waals surface area contributed by atoms with E-state index in [0.29, 0.717) is 12.1 Å². The van der Waals surface area contributed by atoms with Crippen molar-refractivity contribution in [2.24, 2.45) is 4.99 Å². The summed E-state index contributed by atoms with van der Waals surface area (Å²) in [5, 5.41) is 0.909. The quantitative estimate of drug-likeness (QED) is 0.413. The van der Waals surface area contributed by atoms with Gasteiger partial charge < -0.3 is 14.4 Å². The summed E-state index contributed by atoms with van der Waals surface area (Å²) in [5.74, 6) is -1.17. The van der Waals surface area contributed by atoms with Crippen LogP contribution in [0, 0.1) is 0 Å². The van der Waals surface area contributed by atoms with Crippen molar-refractivity contribution < 1.29 is 23.9 Å².